The number of rotatable bonds is 0. The zero-order valence-electron chi connectivity index (χ0n) is 11.5. The zero-order chi connectivity index (χ0) is 12.2. The summed E-state index contributed by atoms with van der Waals surface area (Å²) < 4.78 is 0. The molecule has 1 heterocycles. The highest BCUT2D eigenvalue weighted by atomic mass is 15.1. The third-order valence-corrected chi connectivity index (χ3v) is 4.43. The molecule has 2 aliphatic rings. The third kappa shape index (κ3) is 1.72. The maximum atomic E-state index is 2.53. The predicted molar refractivity (Wildman–Crippen MR) is 72.3 cm³/mol. The van der Waals surface area contributed by atoms with Crippen LogP contribution in [-0.4, -0.2) is 11.9 Å². The van der Waals surface area contributed by atoms with Gasteiger partial charge >= 0.3 is 0 Å². The first-order valence-corrected chi connectivity index (χ1v) is 6.83. The standard InChI is InChI=1S/C16H23N/c1-16(2,3)13-8-11-6-5-7-14-15(11)12(9-13)10-17(14)4/h8-9,14H,5-7,10H2,1-4H3. The van der Waals surface area contributed by atoms with Gasteiger partial charge in [0.05, 0.1) is 0 Å². The summed E-state index contributed by atoms with van der Waals surface area (Å²) in [7, 11) is 2.27. The number of hydrogen-bond donors (Lipinski definition) is 0. The van der Waals surface area contributed by atoms with E-state index < -0.39 is 0 Å². The molecule has 1 heteroatoms. The first kappa shape index (κ1) is 11.3. The Hall–Kier alpha value is -0.820. The molecule has 17 heavy (non-hydrogen) atoms. The molecule has 0 N–H and O–H groups in total. The van der Waals surface area contributed by atoms with Crippen LogP contribution in [0.5, 0.6) is 0 Å². The Labute approximate surface area is 105 Å². The molecule has 1 aliphatic carbocycles. The molecule has 1 aliphatic heterocycles. The van der Waals surface area contributed by atoms with Crippen molar-refractivity contribution >= 4 is 0 Å². The molecule has 0 saturated heterocycles. The Morgan fingerprint density at radius 1 is 1.18 bits per heavy atom. The fourth-order valence-electron chi connectivity index (χ4n) is 3.43. The summed E-state index contributed by atoms with van der Waals surface area (Å²) >= 11 is 0. The second kappa shape index (κ2) is 3.58. The number of hydrogen-bond acceptors (Lipinski definition) is 1. The maximum Gasteiger partial charge on any atom is 0.0354 e. The van der Waals surface area contributed by atoms with E-state index in [2.05, 4.69) is 44.9 Å². The lowest BCUT2D eigenvalue weighted by molar-refractivity contribution is 0.245. The third-order valence-electron chi connectivity index (χ3n) is 4.43. The average molecular weight is 229 g/mol. The van der Waals surface area contributed by atoms with Gasteiger partial charge in [0, 0.05) is 12.6 Å². The highest BCUT2D eigenvalue weighted by Gasteiger charge is 2.33. The van der Waals surface area contributed by atoms with Crippen molar-refractivity contribution in [3.05, 3.63) is 34.4 Å². The van der Waals surface area contributed by atoms with Crippen LogP contribution in [0.15, 0.2) is 12.1 Å². The van der Waals surface area contributed by atoms with Crippen molar-refractivity contribution in [1.29, 1.82) is 0 Å². The SMILES string of the molecule is CN1Cc2cc(C(C)(C)C)cc3c2C1CCC3. The molecule has 0 saturated carbocycles. The molecule has 0 amide bonds. The second-order valence-electron chi connectivity index (χ2n) is 6.78. The minimum Gasteiger partial charge on any atom is -0.295 e. The van der Waals surface area contributed by atoms with Gasteiger partial charge in [0.25, 0.3) is 0 Å². The van der Waals surface area contributed by atoms with E-state index in [1.54, 1.807) is 16.7 Å². The summed E-state index contributed by atoms with van der Waals surface area (Å²) in [6, 6.07) is 5.65. The molecule has 0 bridgehead atoms. The minimum atomic E-state index is 0.277. The smallest absolute Gasteiger partial charge is 0.0354 e. The molecule has 3 rings (SSSR count). The van der Waals surface area contributed by atoms with Crippen molar-refractivity contribution in [1.82, 2.24) is 4.90 Å². The van der Waals surface area contributed by atoms with Crippen LogP contribution < -0.4 is 0 Å². The Balaban J connectivity index is 2.15. The molecule has 0 spiro atoms. The Morgan fingerprint density at radius 2 is 1.88 bits per heavy atom. The van der Waals surface area contributed by atoms with Crippen LogP contribution in [0.2, 0.25) is 0 Å². The molecule has 0 fully saturated rings. The van der Waals surface area contributed by atoms with Gasteiger partial charge in [-0.2, -0.15) is 0 Å². The molecule has 1 nitrogen and oxygen atoms in total. The number of nitrogens with zero attached hydrogens (tertiary/aromatic N) is 1. The molecule has 0 aromatic heterocycles. The summed E-state index contributed by atoms with van der Waals surface area (Å²) in [5.74, 6) is 0. The highest BCUT2D eigenvalue weighted by molar-refractivity contribution is 5.47. The molecule has 1 aromatic carbocycles. The van der Waals surface area contributed by atoms with Crippen LogP contribution in [0.1, 0.15) is 61.9 Å². The first-order chi connectivity index (χ1) is 7.97. The monoisotopic (exact) mass is 229 g/mol. The van der Waals surface area contributed by atoms with Crippen molar-refractivity contribution in [3.63, 3.8) is 0 Å². The largest absolute Gasteiger partial charge is 0.295 e. The fraction of sp³-hybridized carbons (Fsp3) is 0.625. The van der Waals surface area contributed by atoms with Crippen LogP contribution in [0, 0.1) is 0 Å². The Morgan fingerprint density at radius 3 is 2.59 bits per heavy atom. The van der Waals surface area contributed by atoms with E-state index in [0.29, 0.717) is 6.04 Å². The quantitative estimate of drug-likeness (QED) is 0.654. The van der Waals surface area contributed by atoms with Gasteiger partial charge in [0.1, 0.15) is 0 Å². The zero-order valence-corrected chi connectivity index (χ0v) is 11.5. The highest BCUT2D eigenvalue weighted by Crippen LogP contribution is 2.43. The summed E-state index contributed by atoms with van der Waals surface area (Å²) in [4.78, 5) is 2.53. The summed E-state index contributed by atoms with van der Waals surface area (Å²) in [5, 5.41) is 0. The van der Waals surface area contributed by atoms with E-state index in [1.165, 1.54) is 24.8 Å². The molecule has 0 radical (unpaired) electrons. The van der Waals surface area contributed by atoms with Crippen LogP contribution in [0.25, 0.3) is 0 Å². The van der Waals surface area contributed by atoms with Crippen molar-refractivity contribution in [3.8, 4) is 0 Å². The van der Waals surface area contributed by atoms with Crippen LogP contribution in [-0.2, 0) is 18.4 Å². The lowest BCUT2D eigenvalue weighted by Gasteiger charge is -2.28. The molecule has 1 aromatic rings. The van der Waals surface area contributed by atoms with Gasteiger partial charge in [-0.05, 0) is 54.0 Å². The summed E-state index contributed by atoms with van der Waals surface area (Å²) in [6.45, 7) is 8.11. The van der Waals surface area contributed by atoms with E-state index in [0.717, 1.165) is 6.54 Å². The lowest BCUT2D eigenvalue weighted by Crippen LogP contribution is -2.20. The van der Waals surface area contributed by atoms with Crippen molar-refractivity contribution < 1.29 is 0 Å². The van der Waals surface area contributed by atoms with E-state index in [4.69, 9.17) is 0 Å². The first-order valence-electron chi connectivity index (χ1n) is 6.83. The van der Waals surface area contributed by atoms with Crippen LogP contribution in [0.3, 0.4) is 0 Å². The summed E-state index contributed by atoms with van der Waals surface area (Å²) in [6.07, 6.45) is 4.00. The van der Waals surface area contributed by atoms with E-state index in [9.17, 15) is 0 Å². The number of aryl methyl sites for hydroxylation is 1. The number of benzene rings is 1. The average Bonchev–Trinajstić information content (AvgIpc) is 2.56. The molecular formula is C16H23N. The van der Waals surface area contributed by atoms with Gasteiger partial charge in [0.2, 0.25) is 0 Å². The van der Waals surface area contributed by atoms with Gasteiger partial charge in [-0.15, -0.1) is 0 Å². The van der Waals surface area contributed by atoms with Gasteiger partial charge in [-0.3, -0.25) is 4.90 Å². The maximum absolute atomic E-state index is 2.53. The van der Waals surface area contributed by atoms with Gasteiger partial charge in [-0.1, -0.05) is 32.9 Å². The van der Waals surface area contributed by atoms with Crippen molar-refractivity contribution in [2.24, 2.45) is 0 Å². The van der Waals surface area contributed by atoms with E-state index in [1.807, 2.05) is 0 Å². The Kier molecular flexibility index (Phi) is 2.38. The molecule has 1 atom stereocenters. The van der Waals surface area contributed by atoms with Crippen LogP contribution >= 0.6 is 0 Å². The van der Waals surface area contributed by atoms with E-state index >= 15 is 0 Å². The lowest BCUT2D eigenvalue weighted by atomic mass is 9.80. The topological polar surface area (TPSA) is 3.24 Å². The normalized spacial score (nSPS) is 23.9. The molecule has 1 unspecified atom stereocenters. The van der Waals surface area contributed by atoms with Gasteiger partial charge in [-0.25, -0.2) is 0 Å². The predicted octanol–water partition coefficient (Wildman–Crippen LogP) is 3.81. The molecule has 92 valence electrons. The Bertz CT molecular complexity index is 453. The summed E-state index contributed by atoms with van der Waals surface area (Å²) in [5.41, 5.74) is 6.70. The van der Waals surface area contributed by atoms with Gasteiger partial charge < -0.3 is 0 Å². The molecular weight excluding hydrogens is 206 g/mol. The van der Waals surface area contributed by atoms with Crippen molar-refractivity contribution in [2.45, 2.75) is 58.0 Å². The second-order valence-corrected chi connectivity index (χ2v) is 6.78. The van der Waals surface area contributed by atoms with Gasteiger partial charge in [0.15, 0.2) is 0 Å². The minimum absolute atomic E-state index is 0.277. The fourth-order valence-corrected chi connectivity index (χ4v) is 3.43. The van der Waals surface area contributed by atoms with Crippen LogP contribution in [0.4, 0.5) is 0 Å². The van der Waals surface area contributed by atoms with E-state index in [-0.39, 0.29) is 5.41 Å². The van der Waals surface area contributed by atoms with Crippen molar-refractivity contribution in [2.75, 3.05) is 7.05 Å².